The number of allylic oxidation sites excluding steroid dienone is 1. The van der Waals surface area contributed by atoms with Gasteiger partial charge in [0.05, 0.1) is 12.2 Å². The molecule has 0 radical (unpaired) electrons. The van der Waals surface area contributed by atoms with Crippen molar-refractivity contribution in [2.45, 2.75) is 174 Å². The molecule has 5 rings (SSSR count). The second kappa shape index (κ2) is 20.3. The molecule has 1 aliphatic heterocycles. The average molecular weight is 791 g/mol. The lowest BCUT2D eigenvalue weighted by atomic mass is 9.46. The van der Waals surface area contributed by atoms with Gasteiger partial charge in [-0.25, -0.2) is 0 Å². The third-order valence-corrected chi connectivity index (χ3v) is 15.3. The third kappa shape index (κ3) is 10.0. The molecular weight excluding hydrogens is 716 g/mol. The molecule has 3 N–H and O–H groups in total. The van der Waals surface area contributed by atoms with Crippen LogP contribution in [0.1, 0.15) is 150 Å². The van der Waals surface area contributed by atoms with Crippen molar-refractivity contribution in [2.24, 2.45) is 46.3 Å². The summed E-state index contributed by atoms with van der Waals surface area (Å²) in [6.45, 7) is 9.46. The highest BCUT2D eigenvalue weighted by Crippen LogP contribution is 2.68. The van der Waals surface area contributed by atoms with Crippen LogP contribution in [0.5, 0.6) is 0 Å². The van der Waals surface area contributed by atoms with E-state index >= 15 is 0 Å². The van der Waals surface area contributed by atoms with Crippen molar-refractivity contribution in [3.05, 3.63) is 11.6 Å². The van der Waals surface area contributed by atoms with Gasteiger partial charge in [-0.2, -0.15) is 0 Å². The molecule has 0 aromatic heterocycles. The van der Waals surface area contributed by atoms with E-state index in [0.717, 1.165) is 43.4 Å². The van der Waals surface area contributed by atoms with E-state index in [2.05, 4.69) is 33.8 Å². The molecule has 320 valence electrons. The number of methoxy groups -OCH3 is 1. The second-order valence-corrected chi connectivity index (χ2v) is 18.6. The Morgan fingerprint density at radius 3 is 2.09 bits per heavy atom. The van der Waals surface area contributed by atoms with Gasteiger partial charge in [-0.05, 0) is 117 Å². The second-order valence-electron chi connectivity index (χ2n) is 18.6. The number of hydrogen-bond donors (Lipinski definition) is 3. The van der Waals surface area contributed by atoms with Crippen LogP contribution in [0.25, 0.3) is 0 Å². The summed E-state index contributed by atoms with van der Waals surface area (Å²) in [6, 6.07) is 0. The average Bonchev–Trinajstić information content (AvgIpc) is 3.55. The Labute approximate surface area is 336 Å². The minimum Gasteiger partial charge on any atom is -0.458 e. The summed E-state index contributed by atoms with van der Waals surface area (Å²) in [7, 11) is 1.76. The van der Waals surface area contributed by atoms with Gasteiger partial charge in [-0.1, -0.05) is 65.0 Å². The maximum atomic E-state index is 13.2. The van der Waals surface area contributed by atoms with E-state index in [1.54, 1.807) is 7.11 Å². The number of hydrogen-bond acceptors (Lipinski definition) is 11. The molecule has 4 aliphatic carbocycles. The Hall–Kier alpha value is -2.05. The van der Waals surface area contributed by atoms with Crippen molar-refractivity contribution < 1.29 is 53.4 Å². The van der Waals surface area contributed by atoms with Crippen molar-refractivity contribution >= 4 is 17.9 Å². The highest BCUT2D eigenvalue weighted by atomic mass is 16.7. The number of carbonyl (C=O) groups excluding carboxylic acids is 3. The SMILES string of the molecule is CCCCCC(C)C1CCC2C3CC=C4CC(CC5COC(OC(=O)CCCO)C(OC(=O)CCCO)C5OC(=O)CCCO)(OC)CCC4(C)C3CCC12C. The number of fused-ring (bicyclic) bond motifs is 5. The fourth-order valence-electron chi connectivity index (χ4n) is 12.2. The molecule has 12 atom stereocenters. The molecule has 12 unspecified atom stereocenters. The van der Waals surface area contributed by atoms with Crippen molar-refractivity contribution in [1.82, 2.24) is 0 Å². The van der Waals surface area contributed by atoms with Gasteiger partial charge in [-0.3, -0.25) is 14.4 Å². The van der Waals surface area contributed by atoms with Gasteiger partial charge >= 0.3 is 17.9 Å². The van der Waals surface area contributed by atoms with Crippen LogP contribution in [0.4, 0.5) is 0 Å². The summed E-state index contributed by atoms with van der Waals surface area (Å²) >= 11 is 0. The largest absolute Gasteiger partial charge is 0.458 e. The summed E-state index contributed by atoms with van der Waals surface area (Å²) in [4.78, 5) is 38.9. The lowest BCUT2D eigenvalue weighted by Crippen LogP contribution is -2.58. The molecule has 0 bridgehead atoms. The van der Waals surface area contributed by atoms with Crippen LogP contribution in [-0.4, -0.2) is 90.9 Å². The molecule has 1 saturated heterocycles. The number of unbranched alkanes of at least 4 members (excludes halogenated alkanes) is 2. The van der Waals surface area contributed by atoms with E-state index in [4.69, 9.17) is 23.7 Å². The Balaban J connectivity index is 1.36. The van der Waals surface area contributed by atoms with E-state index in [-0.39, 0.29) is 70.4 Å². The minimum atomic E-state index is -1.33. The number of rotatable bonds is 20. The zero-order chi connectivity index (χ0) is 40.5. The maximum Gasteiger partial charge on any atom is 0.308 e. The van der Waals surface area contributed by atoms with Gasteiger partial charge in [0, 0.05) is 52.1 Å². The molecule has 0 amide bonds. The highest BCUT2D eigenvalue weighted by molar-refractivity contribution is 5.71. The van der Waals surface area contributed by atoms with Crippen LogP contribution in [0.3, 0.4) is 0 Å². The van der Waals surface area contributed by atoms with Crippen molar-refractivity contribution in [3.8, 4) is 0 Å². The first-order chi connectivity index (χ1) is 26.9. The fraction of sp³-hybridized carbons (Fsp3) is 0.889. The monoisotopic (exact) mass is 791 g/mol. The van der Waals surface area contributed by atoms with E-state index in [0.29, 0.717) is 23.7 Å². The molecule has 56 heavy (non-hydrogen) atoms. The van der Waals surface area contributed by atoms with Crippen molar-refractivity contribution in [2.75, 3.05) is 33.5 Å². The van der Waals surface area contributed by atoms with Crippen LogP contribution in [-0.2, 0) is 38.1 Å². The Morgan fingerprint density at radius 1 is 0.821 bits per heavy atom. The quantitative estimate of drug-likeness (QED) is 0.0495. The Kier molecular flexibility index (Phi) is 16.3. The first kappa shape index (κ1) is 45.0. The van der Waals surface area contributed by atoms with Crippen LogP contribution in [0, 0.1) is 46.3 Å². The maximum absolute atomic E-state index is 13.2. The van der Waals surface area contributed by atoms with E-state index in [1.165, 1.54) is 56.9 Å². The molecular formula is C45H74O11. The summed E-state index contributed by atoms with van der Waals surface area (Å²) in [5.41, 5.74) is 1.41. The van der Waals surface area contributed by atoms with Crippen LogP contribution < -0.4 is 0 Å². The Morgan fingerprint density at radius 2 is 1.46 bits per heavy atom. The molecule has 11 heteroatoms. The van der Waals surface area contributed by atoms with Crippen LogP contribution in [0.15, 0.2) is 11.6 Å². The number of esters is 3. The van der Waals surface area contributed by atoms with Gasteiger partial charge in [0.25, 0.3) is 0 Å². The number of ether oxygens (including phenoxy) is 5. The zero-order valence-electron chi connectivity index (χ0n) is 35.1. The topological polar surface area (TPSA) is 158 Å². The summed E-state index contributed by atoms with van der Waals surface area (Å²) in [5, 5.41) is 28.0. The first-order valence-corrected chi connectivity index (χ1v) is 22.2. The van der Waals surface area contributed by atoms with Crippen LogP contribution >= 0.6 is 0 Å². The van der Waals surface area contributed by atoms with Gasteiger partial charge in [-0.15, -0.1) is 0 Å². The molecule has 1 heterocycles. The number of aliphatic hydroxyl groups is 3. The van der Waals surface area contributed by atoms with E-state index in [9.17, 15) is 29.7 Å². The smallest absolute Gasteiger partial charge is 0.308 e. The number of aliphatic hydroxyl groups excluding tert-OH is 3. The van der Waals surface area contributed by atoms with Crippen molar-refractivity contribution in [1.29, 1.82) is 0 Å². The molecule has 5 aliphatic rings. The van der Waals surface area contributed by atoms with E-state index < -0.39 is 47.9 Å². The van der Waals surface area contributed by atoms with Gasteiger partial charge in [0.1, 0.15) is 6.10 Å². The normalized spacial score (nSPS) is 37.0. The van der Waals surface area contributed by atoms with Gasteiger partial charge < -0.3 is 39.0 Å². The fourth-order valence-corrected chi connectivity index (χ4v) is 12.2. The molecule has 4 fully saturated rings. The first-order valence-electron chi connectivity index (χ1n) is 22.2. The lowest BCUT2D eigenvalue weighted by Gasteiger charge is -2.60. The highest BCUT2D eigenvalue weighted by Gasteiger charge is 2.61. The van der Waals surface area contributed by atoms with Gasteiger partial charge in [0.15, 0.2) is 0 Å². The molecule has 0 spiro atoms. The minimum absolute atomic E-state index is 0.0333. The molecule has 3 saturated carbocycles. The van der Waals surface area contributed by atoms with E-state index in [1.807, 2.05) is 0 Å². The zero-order valence-corrected chi connectivity index (χ0v) is 35.1. The molecule has 0 aromatic rings. The van der Waals surface area contributed by atoms with Crippen molar-refractivity contribution in [3.63, 3.8) is 0 Å². The predicted octanol–water partition coefficient (Wildman–Crippen LogP) is 7.21. The number of carbonyl (C=O) groups is 3. The molecule has 11 nitrogen and oxygen atoms in total. The predicted molar refractivity (Wildman–Crippen MR) is 211 cm³/mol. The van der Waals surface area contributed by atoms with Gasteiger partial charge in [0.2, 0.25) is 12.4 Å². The standard InChI is InChI=1S/C45H74O11/c1-6-7-8-12-30(2)34-18-19-35-33-17-16-32-28-45(52-5,23-22-43(32,3)36(33)20-21-44(34,35)4)27-31-29-53-42(56-39(51)15-11-26-48)41(55-38(50)14-10-25-47)40(31)54-37(49)13-9-24-46/h16,30-31,33-36,40-42,46-48H,6-15,17-29H2,1-5H3. The summed E-state index contributed by atoms with van der Waals surface area (Å²) in [5.74, 6) is 1.44. The Bertz CT molecular complexity index is 1330. The molecule has 0 aromatic carbocycles. The summed E-state index contributed by atoms with van der Waals surface area (Å²) < 4.78 is 30.2. The van der Waals surface area contributed by atoms with Crippen LogP contribution in [0.2, 0.25) is 0 Å². The third-order valence-electron chi connectivity index (χ3n) is 15.3. The summed E-state index contributed by atoms with van der Waals surface area (Å²) in [6.07, 6.45) is 14.1. The lowest BCUT2D eigenvalue weighted by molar-refractivity contribution is -0.268.